The Morgan fingerprint density at radius 1 is 1.38 bits per heavy atom. The van der Waals surface area contributed by atoms with Crippen LogP contribution in [0.4, 0.5) is 0 Å². The third-order valence-corrected chi connectivity index (χ3v) is 5.46. The van der Waals surface area contributed by atoms with Crippen molar-refractivity contribution in [1.82, 2.24) is 9.88 Å². The highest BCUT2D eigenvalue weighted by atomic mass is 32.1. The number of hydrogen-bond donors (Lipinski definition) is 0. The van der Waals surface area contributed by atoms with E-state index < -0.39 is 0 Å². The summed E-state index contributed by atoms with van der Waals surface area (Å²) in [7, 11) is 0. The maximum absolute atomic E-state index is 12.4. The molecule has 1 fully saturated rings. The SMILES string of the molecule is Cc1csc([C@H]2CCCN(C(=O)CCOCc3ccccc3)C2)n1. The summed E-state index contributed by atoms with van der Waals surface area (Å²) in [6.07, 6.45) is 2.64. The molecule has 1 amide bonds. The van der Waals surface area contributed by atoms with Gasteiger partial charge < -0.3 is 9.64 Å². The smallest absolute Gasteiger partial charge is 0.224 e. The number of carbonyl (C=O) groups is 1. The standard InChI is InChI=1S/C19H24N2O2S/c1-15-14-24-19(20-15)17-8-5-10-21(12-17)18(22)9-11-23-13-16-6-3-2-4-7-16/h2-4,6-7,14,17H,5,8-13H2,1H3/t17-/m0/s1. The highest BCUT2D eigenvalue weighted by Crippen LogP contribution is 2.29. The molecular weight excluding hydrogens is 320 g/mol. The van der Waals surface area contributed by atoms with Gasteiger partial charge in [0.1, 0.15) is 0 Å². The van der Waals surface area contributed by atoms with Crippen LogP contribution in [0.1, 0.15) is 41.4 Å². The highest BCUT2D eigenvalue weighted by molar-refractivity contribution is 7.09. The minimum Gasteiger partial charge on any atom is -0.376 e. The minimum atomic E-state index is 0.195. The van der Waals surface area contributed by atoms with Gasteiger partial charge in [-0.25, -0.2) is 4.98 Å². The van der Waals surface area contributed by atoms with Gasteiger partial charge in [-0.15, -0.1) is 11.3 Å². The van der Waals surface area contributed by atoms with E-state index in [1.54, 1.807) is 11.3 Å². The van der Waals surface area contributed by atoms with Crippen LogP contribution in [0.15, 0.2) is 35.7 Å². The molecule has 128 valence electrons. The second-order valence-electron chi connectivity index (χ2n) is 6.29. The number of benzene rings is 1. The van der Waals surface area contributed by atoms with Crippen molar-refractivity contribution in [3.05, 3.63) is 52.0 Å². The maximum Gasteiger partial charge on any atom is 0.224 e. The molecule has 1 aliphatic heterocycles. The summed E-state index contributed by atoms with van der Waals surface area (Å²) in [6.45, 7) is 4.72. The van der Waals surface area contributed by atoms with Gasteiger partial charge in [0.15, 0.2) is 0 Å². The van der Waals surface area contributed by atoms with Crippen molar-refractivity contribution in [2.75, 3.05) is 19.7 Å². The van der Waals surface area contributed by atoms with Crippen LogP contribution in [-0.4, -0.2) is 35.5 Å². The summed E-state index contributed by atoms with van der Waals surface area (Å²) in [5.41, 5.74) is 2.22. The average molecular weight is 344 g/mol. The van der Waals surface area contributed by atoms with Crippen molar-refractivity contribution in [2.24, 2.45) is 0 Å². The summed E-state index contributed by atoms with van der Waals surface area (Å²) in [5, 5.41) is 3.26. The van der Waals surface area contributed by atoms with Crippen molar-refractivity contribution in [3.63, 3.8) is 0 Å². The summed E-state index contributed by atoms with van der Waals surface area (Å²) in [4.78, 5) is 19.0. The Labute approximate surface area is 147 Å². The Bertz CT molecular complexity index is 656. The van der Waals surface area contributed by atoms with Crippen molar-refractivity contribution >= 4 is 17.2 Å². The number of thiazole rings is 1. The molecule has 2 heterocycles. The van der Waals surface area contributed by atoms with Gasteiger partial charge in [0.05, 0.1) is 24.6 Å². The van der Waals surface area contributed by atoms with E-state index in [4.69, 9.17) is 4.74 Å². The van der Waals surface area contributed by atoms with Gasteiger partial charge in [-0.3, -0.25) is 4.79 Å². The third-order valence-electron chi connectivity index (χ3n) is 4.33. The molecule has 1 atom stereocenters. The molecular formula is C19H24N2O2S. The molecule has 1 aromatic carbocycles. The molecule has 0 unspecified atom stereocenters. The van der Waals surface area contributed by atoms with Crippen molar-refractivity contribution in [3.8, 4) is 0 Å². The van der Waals surface area contributed by atoms with Gasteiger partial charge in [0.25, 0.3) is 0 Å². The molecule has 0 spiro atoms. The van der Waals surface area contributed by atoms with E-state index in [-0.39, 0.29) is 5.91 Å². The molecule has 0 N–H and O–H groups in total. The van der Waals surface area contributed by atoms with Gasteiger partial charge >= 0.3 is 0 Å². The number of amides is 1. The molecule has 0 saturated carbocycles. The van der Waals surface area contributed by atoms with Gasteiger partial charge in [-0.2, -0.15) is 0 Å². The average Bonchev–Trinajstić information content (AvgIpc) is 3.06. The maximum atomic E-state index is 12.4. The van der Waals surface area contributed by atoms with Gasteiger partial charge in [0.2, 0.25) is 5.91 Å². The summed E-state index contributed by atoms with van der Waals surface area (Å²) < 4.78 is 5.64. The zero-order valence-corrected chi connectivity index (χ0v) is 14.9. The lowest BCUT2D eigenvalue weighted by Gasteiger charge is -2.32. The van der Waals surface area contributed by atoms with Gasteiger partial charge in [-0.05, 0) is 25.3 Å². The molecule has 24 heavy (non-hydrogen) atoms. The minimum absolute atomic E-state index is 0.195. The first-order valence-corrected chi connectivity index (χ1v) is 9.42. The van der Waals surface area contributed by atoms with Crippen LogP contribution in [0.3, 0.4) is 0 Å². The lowest BCUT2D eigenvalue weighted by atomic mass is 9.98. The van der Waals surface area contributed by atoms with Crippen molar-refractivity contribution in [1.29, 1.82) is 0 Å². The van der Waals surface area contributed by atoms with E-state index in [1.165, 1.54) is 5.01 Å². The zero-order valence-electron chi connectivity index (χ0n) is 14.1. The number of nitrogens with zero attached hydrogens (tertiary/aromatic N) is 2. The number of aryl methyl sites for hydroxylation is 1. The first-order valence-electron chi connectivity index (χ1n) is 8.54. The van der Waals surface area contributed by atoms with Crippen LogP contribution in [0.2, 0.25) is 0 Å². The van der Waals surface area contributed by atoms with E-state index in [1.807, 2.05) is 42.2 Å². The quantitative estimate of drug-likeness (QED) is 0.749. The Morgan fingerprint density at radius 3 is 2.96 bits per heavy atom. The first kappa shape index (κ1) is 17.1. The van der Waals surface area contributed by atoms with Crippen LogP contribution in [0, 0.1) is 6.92 Å². The molecule has 0 bridgehead atoms. The van der Waals surface area contributed by atoms with Crippen LogP contribution < -0.4 is 0 Å². The molecule has 1 saturated heterocycles. The molecule has 0 radical (unpaired) electrons. The van der Waals surface area contributed by atoms with Crippen molar-refractivity contribution < 1.29 is 9.53 Å². The lowest BCUT2D eigenvalue weighted by Crippen LogP contribution is -2.39. The largest absolute Gasteiger partial charge is 0.376 e. The van der Waals surface area contributed by atoms with Crippen LogP contribution in [0.25, 0.3) is 0 Å². The van der Waals surface area contributed by atoms with Crippen molar-refractivity contribution in [2.45, 2.75) is 38.7 Å². The lowest BCUT2D eigenvalue weighted by molar-refractivity contribution is -0.133. The Hall–Kier alpha value is -1.72. The predicted octanol–water partition coefficient (Wildman–Crippen LogP) is 3.76. The van der Waals surface area contributed by atoms with E-state index in [9.17, 15) is 4.79 Å². The number of hydrogen-bond acceptors (Lipinski definition) is 4. The van der Waals surface area contributed by atoms with Crippen LogP contribution >= 0.6 is 11.3 Å². The molecule has 5 heteroatoms. The first-order chi connectivity index (χ1) is 11.7. The molecule has 1 aromatic heterocycles. The normalized spacial score (nSPS) is 17.9. The number of rotatable bonds is 6. The topological polar surface area (TPSA) is 42.4 Å². The summed E-state index contributed by atoms with van der Waals surface area (Å²) >= 11 is 1.72. The summed E-state index contributed by atoms with van der Waals surface area (Å²) in [6, 6.07) is 10.1. The molecule has 2 aromatic rings. The Kier molecular flexibility index (Phi) is 5.99. The number of likely N-dealkylation sites (tertiary alicyclic amines) is 1. The van der Waals surface area contributed by atoms with E-state index in [0.29, 0.717) is 25.6 Å². The Morgan fingerprint density at radius 2 is 2.21 bits per heavy atom. The molecule has 0 aliphatic carbocycles. The highest BCUT2D eigenvalue weighted by Gasteiger charge is 2.26. The predicted molar refractivity (Wildman–Crippen MR) is 96.1 cm³/mol. The third kappa shape index (κ3) is 4.65. The number of aromatic nitrogens is 1. The Balaban J connectivity index is 1.43. The van der Waals surface area contributed by atoms with Gasteiger partial charge in [-0.1, -0.05) is 30.3 Å². The van der Waals surface area contributed by atoms with E-state index in [0.717, 1.165) is 37.2 Å². The number of ether oxygens (including phenoxy) is 1. The fraction of sp³-hybridized carbons (Fsp3) is 0.474. The van der Waals surface area contributed by atoms with E-state index in [2.05, 4.69) is 10.4 Å². The second-order valence-corrected chi connectivity index (χ2v) is 7.18. The van der Waals surface area contributed by atoms with Crippen LogP contribution in [-0.2, 0) is 16.1 Å². The monoisotopic (exact) mass is 344 g/mol. The number of piperidine rings is 1. The second kappa shape index (κ2) is 8.40. The fourth-order valence-corrected chi connectivity index (χ4v) is 3.97. The van der Waals surface area contributed by atoms with E-state index >= 15 is 0 Å². The van der Waals surface area contributed by atoms with Crippen LogP contribution in [0.5, 0.6) is 0 Å². The zero-order chi connectivity index (χ0) is 16.8. The number of carbonyl (C=O) groups excluding carboxylic acids is 1. The summed E-state index contributed by atoms with van der Waals surface area (Å²) in [5.74, 6) is 0.590. The molecule has 1 aliphatic rings. The van der Waals surface area contributed by atoms with Gasteiger partial charge in [0, 0.05) is 30.1 Å². The molecule has 3 rings (SSSR count). The fourth-order valence-electron chi connectivity index (χ4n) is 3.05. The molecule has 4 nitrogen and oxygen atoms in total.